The van der Waals surface area contributed by atoms with E-state index in [1.807, 2.05) is 17.4 Å². The van der Waals surface area contributed by atoms with E-state index in [0.717, 1.165) is 23.1 Å². The number of aryl methyl sites for hydroxylation is 1. The zero-order valence-corrected chi connectivity index (χ0v) is 21.6. The van der Waals surface area contributed by atoms with Crippen LogP contribution in [0.25, 0.3) is 42.2 Å². The van der Waals surface area contributed by atoms with E-state index in [1.54, 1.807) is 0 Å². The van der Waals surface area contributed by atoms with E-state index in [1.165, 1.54) is 42.2 Å². The molecule has 0 atom stereocenters. The lowest BCUT2D eigenvalue weighted by Gasteiger charge is -2.22. The molecule has 2 heterocycles. The SMILES string of the molecule is [2H]c1cc2c(sc3c(C)c(CC(C)(C)C)ccc32)c(-c2cc(C(C)(C)C)c3ccccc3c2)n1. The zero-order valence-electron chi connectivity index (χ0n) is 21.8. The van der Waals surface area contributed by atoms with Crippen LogP contribution in [0, 0.1) is 12.3 Å². The molecule has 0 saturated heterocycles. The number of hydrogen-bond acceptors (Lipinski definition) is 2. The molecule has 2 heteroatoms. The van der Waals surface area contributed by atoms with Gasteiger partial charge in [-0.15, -0.1) is 11.3 Å². The largest absolute Gasteiger partial charge is 0.255 e. The fourth-order valence-electron chi connectivity index (χ4n) is 4.91. The molecule has 5 rings (SSSR count). The number of aromatic nitrogens is 1. The van der Waals surface area contributed by atoms with E-state index >= 15 is 0 Å². The molecule has 0 N–H and O–H groups in total. The molecular weight excluding hydrogens is 418 g/mol. The second kappa shape index (κ2) is 7.67. The second-order valence-corrected chi connectivity index (χ2v) is 12.6. The van der Waals surface area contributed by atoms with E-state index in [0.29, 0.717) is 6.17 Å². The third kappa shape index (κ3) is 3.95. The molecule has 0 bridgehead atoms. The molecule has 168 valence electrons. The van der Waals surface area contributed by atoms with Gasteiger partial charge in [0.25, 0.3) is 0 Å². The average molecular weight is 453 g/mol. The molecule has 5 aromatic rings. The Balaban J connectivity index is 1.81. The first-order valence-corrected chi connectivity index (χ1v) is 12.6. The lowest BCUT2D eigenvalue weighted by molar-refractivity contribution is 0.410. The number of thiophene rings is 1. The zero-order chi connectivity index (χ0) is 24.4. The van der Waals surface area contributed by atoms with Crippen LogP contribution in [0.2, 0.25) is 0 Å². The van der Waals surface area contributed by atoms with Gasteiger partial charge in [-0.25, -0.2) is 0 Å². The standard InChI is InChI=1S/C31H33NS/c1-19-21(18-30(2,3)4)12-13-24-25-14-15-32-27(29(25)33-28(19)24)22-16-20-10-8-9-11-23(20)26(17-22)31(5,6)7/h8-17H,18H2,1-7H3/i15D. The molecule has 0 amide bonds. The van der Waals surface area contributed by atoms with Crippen molar-refractivity contribution in [3.63, 3.8) is 0 Å². The summed E-state index contributed by atoms with van der Waals surface area (Å²) < 4.78 is 11.0. The van der Waals surface area contributed by atoms with E-state index in [4.69, 9.17) is 6.35 Å². The van der Waals surface area contributed by atoms with Gasteiger partial charge in [0.1, 0.15) is 0 Å². The van der Waals surface area contributed by atoms with Crippen LogP contribution in [0.15, 0.2) is 60.8 Å². The van der Waals surface area contributed by atoms with E-state index in [9.17, 15) is 0 Å². The lowest BCUT2D eigenvalue weighted by Crippen LogP contribution is -2.12. The summed E-state index contributed by atoms with van der Waals surface area (Å²) in [6.07, 6.45) is 1.38. The summed E-state index contributed by atoms with van der Waals surface area (Å²) in [5.74, 6) is 0. The molecule has 1 nitrogen and oxygen atoms in total. The van der Waals surface area contributed by atoms with Crippen LogP contribution in [0.3, 0.4) is 0 Å². The van der Waals surface area contributed by atoms with Gasteiger partial charge in [0.15, 0.2) is 0 Å². The summed E-state index contributed by atoms with van der Waals surface area (Å²) in [5, 5.41) is 4.89. The molecule has 3 aromatic carbocycles. The van der Waals surface area contributed by atoms with Crippen LogP contribution in [0.5, 0.6) is 0 Å². The Morgan fingerprint density at radius 2 is 1.58 bits per heavy atom. The molecule has 33 heavy (non-hydrogen) atoms. The molecular formula is C31H33NS. The number of hydrogen-bond donors (Lipinski definition) is 0. The molecule has 0 fully saturated rings. The Morgan fingerprint density at radius 3 is 2.30 bits per heavy atom. The number of rotatable bonds is 2. The van der Waals surface area contributed by atoms with Gasteiger partial charge in [-0.2, -0.15) is 0 Å². The van der Waals surface area contributed by atoms with E-state index < -0.39 is 0 Å². The van der Waals surface area contributed by atoms with Crippen LogP contribution in [-0.2, 0) is 11.8 Å². The molecule has 0 radical (unpaired) electrons. The van der Waals surface area contributed by atoms with Crippen molar-refractivity contribution in [2.75, 3.05) is 0 Å². The fourth-order valence-corrected chi connectivity index (χ4v) is 6.23. The van der Waals surface area contributed by atoms with Crippen molar-refractivity contribution < 1.29 is 1.37 Å². The lowest BCUT2D eigenvalue weighted by atomic mass is 9.82. The van der Waals surface area contributed by atoms with Crippen LogP contribution in [0.4, 0.5) is 0 Å². The Hall–Kier alpha value is -2.71. The minimum atomic E-state index is 0.00587. The van der Waals surface area contributed by atoms with Crippen LogP contribution >= 0.6 is 11.3 Å². The van der Waals surface area contributed by atoms with Gasteiger partial charge in [-0.3, -0.25) is 4.98 Å². The van der Waals surface area contributed by atoms with Crippen molar-refractivity contribution >= 4 is 42.3 Å². The van der Waals surface area contributed by atoms with Crippen LogP contribution in [0.1, 0.15) is 59.6 Å². The van der Waals surface area contributed by atoms with Gasteiger partial charge < -0.3 is 0 Å². The highest BCUT2D eigenvalue weighted by atomic mass is 32.1. The summed E-state index contributed by atoms with van der Waals surface area (Å²) in [5.41, 5.74) is 6.36. The van der Waals surface area contributed by atoms with Crippen LogP contribution in [-0.4, -0.2) is 4.98 Å². The van der Waals surface area contributed by atoms with Crippen molar-refractivity contribution in [1.29, 1.82) is 0 Å². The third-order valence-electron chi connectivity index (χ3n) is 6.52. The number of nitrogens with zero attached hydrogens (tertiary/aromatic N) is 1. The normalized spacial score (nSPS) is 13.2. The van der Waals surface area contributed by atoms with Crippen molar-refractivity contribution in [2.24, 2.45) is 5.41 Å². The Kier molecular flexibility index (Phi) is 4.85. The van der Waals surface area contributed by atoms with Gasteiger partial charge in [0.05, 0.1) is 11.8 Å². The quantitative estimate of drug-likeness (QED) is 0.260. The molecule has 0 saturated carbocycles. The molecule has 2 aromatic heterocycles. The highest BCUT2D eigenvalue weighted by Crippen LogP contribution is 2.43. The van der Waals surface area contributed by atoms with Gasteiger partial charge in [0.2, 0.25) is 0 Å². The molecule has 0 aliphatic rings. The summed E-state index contributed by atoms with van der Waals surface area (Å²) in [4.78, 5) is 4.79. The summed E-state index contributed by atoms with van der Waals surface area (Å²) in [6, 6.07) is 19.6. The fraction of sp³-hybridized carbons (Fsp3) is 0.323. The Labute approximate surface area is 202 Å². The van der Waals surface area contributed by atoms with Gasteiger partial charge in [0, 0.05) is 27.2 Å². The number of benzene rings is 3. The van der Waals surface area contributed by atoms with Crippen molar-refractivity contribution in [2.45, 2.75) is 60.3 Å². The maximum atomic E-state index is 8.53. The molecule has 0 unspecified atom stereocenters. The van der Waals surface area contributed by atoms with Crippen molar-refractivity contribution in [1.82, 2.24) is 4.98 Å². The molecule has 0 aliphatic heterocycles. The van der Waals surface area contributed by atoms with Gasteiger partial charge in [-0.05, 0) is 69.8 Å². The van der Waals surface area contributed by atoms with E-state index in [2.05, 4.69) is 97.0 Å². The maximum Gasteiger partial charge on any atom is 0.0880 e. The van der Waals surface area contributed by atoms with Crippen molar-refractivity contribution in [3.8, 4) is 11.3 Å². The highest BCUT2D eigenvalue weighted by Gasteiger charge is 2.21. The topological polar surface area (TPSA) is 12.9 Å². The summed E-state index contributed by atoms with van der Waals surface area (Å²) in [7, 11) is 0. The summed E-state index contributed by atoms with van der Waals surface area (Å²) in [6.45, 7) is 15.9. The number of pyridine rings is 1. The first-order valence-electron chi connectivity index (χ1n) is 12.3. The first kappa shape index (κ1) is 20.9. The van der Waals surface area contributed by atoms with E-state index in [-0.39, 0.29) is 10.8 Å². The first-order chi connectivity index (χ1) is 15.9. The van der Waals surface area contributed by atoms with Crippen molar-refractivity contribution in [3.05, 3.63) is 77.5 Å². The minimum absolute atomic E-state index is 0.00587. The Morgan fingerprint density at radius 1 is 0.848 bits per heavy atom. The van der Waals surface area contributed by atoms with Crippen LogP contribution < -0.4 is 0 Å². The maximum absolute atomic E-state index is 8.53. The Bertz CT molecular complexity index is 1560. The predicted molar refractivity (Wildman–Crippen MR) is 147 cm³/mol. The second-order valence-electron chi connectivity index (χ2n) is 11.5. The van der Waals surface area contributed by atoms with Gasteiger partial charge >= 0.3 is 0 Å². The minimum Gasteiger partial charge on any atom is -0.255 e. The smallest absolute Gasteiger partial charge is 0.0880 e. The monoisotopic (exact) mass is 452 g/mol. The molecule has 0 spiro atoms. The highest BCUT2D eigenvalue weighted by molar-refractivity contribution is 7.26. The summed E-state index contributed by atoms with van der Waals surface area (Å²) >= 11 is 1.83. The average Bonchev–Trinajstić information content (AvgIpc) is 3.12. The van der Waals surface area contributed by atoms with Gasteiger partial charge in [-0.1, -0.05) is 77.9 Å². The molecule has 0 aliphatic carbocycles. The number of fused-ring (bicyclic) bond motifs is 4. The predicted octanol–water partition coefficient (Wildman–Crippen LogP) is 9.46. The third-order valence-corrected chi connectivity index (χ3v) is 7.87.